The van der Waals surface area contributed by atoms with Gasteiger partial charge in [-0.2, -0.15) is 0 Å². The van der Waals surface area contributed by atoms with Crippen molar-refractivity contribution in [2.24, 2.45) is 5.92 Å². The number of carbonyl (C=O) groups excluding carboxylic acids is 1. The lowest BCUT2D eigenvalue weighted by molar-refractivity contribution is -0.120. The van der Waals surface area contributed by atoms with E-state index >= 15 is 0 Å². The van der Waals surface area contributed by atoms with E-state index in [9.17, 15) is 4.79 Å². The third-order valence-electron chi connectivity index (χ3n) is 4.36. The van der Waals surface area contributed by atoms with Gasteiger partial charge < -0.3 is 19.7 Å². The van der Waals surface area contributed by atoms with Crippen molar-refractivity contribution in [2.75, 3.05) is 37.5 Å². The van der Waals surface area contributed by atoms with Crippen molar-refractivity contribution in [3.05, 3.63) is 36.4 Å². The van der Waals surface area contributed by atoms with Gasteiger partial charge in [0.05, 0.1) is 14.2 Å². The van der Waals surface area contributed by atoms with E-state index in [-0.39, 0.29) is 11.8 Å². The summed E-state index contributed by atoms with van der Waals surface area (Å²) in [6, 6.07) is 11.1. The Morgan fingerprint density at radius 3 is 2.56 bits per heavy atom. The molecule has 1 aliphatic rings. The first-order valence-corrected chi connectivity index (χ1v) is 8.27. The summed E-state index contributed by atoms with van der Waals surface area (Å²) >= 11 is 0. The number of methoxy groups -OCH3 is 2. The number of hydrogen-bond donors (Lipinski definition) is 1. The van der Waals surface area contributed by atoms with Gasteiger partial charge in [0, 0.05) is 36.8 Å². The summed E-state index contributed by atoms with van der Waals surface area (Å²) in [6.07, 6.45) is 1.56. The minimum absolute atomic E-state index is 0.00587. The lowest BCUT2D eigenvalue weighted by Gasteiger charge is -2.31. The van der Waals surface area contributed by atoms with Gasteiger partial charge in [0.1, 0.15) is 5.75 Å². The molecule has 1 aliphatic heterocycles. The molecule has 2 aromatic rings. The molecule has 0 unspecified atom stereocenters. The smallest absolute Gasteiger partial charge is 0.233 e. The molecule has 7 nitrogen and oxygen atoms in total. The van der Waals surface area contributed by atoms with Gasteiger partial charge in [0.25, 0.3) is 0 Å². The molecule has 0 atom stereocenters. The van der Waals surface area contributed by atoms with E-state index in [1.807, 2.05) is 30.3 Å². The van der Waals surface area contributed by atoms with Crippen molar-refractivity contribution in [3.8, 4) is 11.6 Å². The van der Waals surface area contributed by atoms with Crippen molar-refractivity contribution in [2.45, 2.75) is 12.8 Å². The lowest BCUT2D eigenvalue weighted by atomic mass is 9.96. The second-order valence-corrected chi connectivity index (χ2v) is 5.92. The predicted molar refractivity (Wildman–Crippen MR) is 95.1 cm³/mol. The summed E-state index contributed by atoms with van der Waals surface area (Å²) < 4.78 is 10.2. The Morgan fingerprint density at radius 2 is 1.92 bits per heavy atom. The molecule has 7 heteroatoms. The minimum Gasteiger partial charge on any atom is -0.497 e. The monoisotopic (exact) mass is 342 g/mol. The number of rotatable bonds is 5. The van der Waals surface area contributed by atoms with Gasteiger partial charge in [-0.25, -0.2) is 0 Å². The van der Waals surface area contributed by atoms with Gasteiger partial charge in [-0.15, -0.1) is 10.2 Å². The second kappa shape index (κ2) is 7.83. The highest BCUT2D eigenvalue weighted by molar-refractivity contribution is 5.92. The van der Waals surface area contributed by atoms with Crippen LogP contribution in [-0.4, -0.2) is 43.4 Å². The van der Waals surface area contributed by atoms with E-state index in [4.69, 9.17) is 9.47 Å². The molecule has 1 aromatic carbocycles. The zero-order valence-electron chi connectivity index (χ0n) is 14.4. The number of anilines is 2. The van der Waals surface area contributed by atoms with Gasteiger partial charge in [-0.3, -0.25) is 4.79 Å². The number of nitrogens with zero attached hydrogens (tertiary/aromatic N) is 3. The lowest BCUT2D eigenvalue weighted by Crippen LogP contribution is -2.38. The van der Waals surface area contributed by atoms with Crippen molar-refractivity contribution < 1.29 is 14.3 Å². The molecular weight excluding hydrogens is 320 g/mol. The maximum atomic E-state index is 12.5. The largest absolute Gasteiger partial charge is 0.497 e. The number of carbonyl (C=O) groups is 1. The number of hydrogen-bond acceptors (Lipinski definition) is 6. The average Bonchev–Trinajstić information content (AvgIpc) is 2.68. The number of nitrogens with one attached hydrogen (secondary N) is 1. The number of ether oxygens (including phenoxy) is 2. The Kier molecular flexibility index (Phi) is 5.33. The topological polar surface area (TPSA) is 76.6 Å². The molecule has 1 saturated heterocycles. The van der Waals surface area contributed by atoms with Crippen LogP contribution < -0.4 is 19.7 Å². The van der Waals surface area contributed by atoms with Gasteiger partial charge in [0.15, 0.2) is 5.82 Å². The highest BCUT2D eigenvalue weighted by Crippen LogP contribution is 2.24. The van der Waals surface area contributed by atoms with Gasteiger partial charge in [-0.05, 0) is 31.0 Å². The molecule has 0 spiro atoms. The van der Waals surface area contributed by atoms with E-state index in [2.05, 4.69) is 20.4 Å². The van der Waals surface area contributed by atoms with Crippen LogP contribution in [0, 0.1) is 5.92 Å². The van der Waals surface area contributed by atoms with Crippen molar-refractivity contribution in [3.63, 3.8) is 0 Å². The third kappa shape index (κ3) is 4.17. The van der Waals surface area contributed by atoms with Crippen molar-refractivity contribution in [1.29, 1.82) is 0 Å². The molecule has 1 N–H and O–H groups in total. The van der Waals surface area contributed by atoms with Crippen LogP contribution in [0.1, 0.15) is 12.8 Å². The zero-order chi connectivity index (χ0) is 17.6. The average molecular weight is 342 g/mol. The first-order chi connectivity index (χ1) is 12.2. The first kappa shape index (κ1) is 17.0. The molecule has 132 valence electrons. The maximum Gasteiger partial charge on any atom is 0.233 e. The Balaban J connectivity index is 1.54. The van der Waals surface area contributed by atoms with Crippen LogP contribution in [-0.2, 0) is 4.79 Å². The van der Waals surface area contributed by atoms with Crippen LogP contribution in [0.2, 0.25) is 0 Å². The van der Waals surface area contributed by atoms with Crippen LogP contribution >= 0.6 is 0 Å². The van der Waals surface area contributed by atoms with E-state index in [0.29, 0.717) is 5.88 Å². The summed E-state index contributed by atoms with van der Waals surface area (Å²) in [4.78, 5) is 14.6. The number of benzene rings is 1. The molecule has 1 amide bonds. The fraction of sp³-hybridized carbons (Fsp3) is 0.389. The molecule has 0 radical (unpaired) electrons. The van der Waals surface area contributed by atoms with E-state index in [1.165, 1.54) is 0 Å². The predicted octanol–water partition coefficient (Wildman–Crippen LogP) is 2.35. The van der Waals surface area contributed by atoms with Gasteiger partial charge >= 0.3 is 0 Å². The summed E-state index contributed by atoms with van der Waals surface area (Å²) in [5.41, 5.74) is 0.757. The highest BCUT2D eigenvalue weighted by atomic mass is 16.5. The van der Waals surface area contributed by atoms with Gasteiger partial charge in [-0.1, -0.05) is 6.07 Å². The standard InChI is InChI=1S/C18H22N4O3/c1-24-15-5-3-4-14(12-15)19-18(23)13-8-10-22(11-9-13)16-6-7-17(25-2)21-20-16/h3-7,12-13H,8-11H2,1-2H3,(H,19,23). The molecule has 0 saturated carbocycles. The van der Waals surface area contributed by atoms with Crippen LogP contribution in [0.25, 0.3) is 0 Å². The number of aromatic nitrogens is 2. The SMILES string of the molecule is COc1cccc(NC(=O)C2CCN(c3ccc(OC)nn3)CC2)c1. The first-order valence-electron chi connectivity index (χ1n) is 8.27. The molecule has 3 rings (SSSR count). The van der Waals surface area contributed by atoms with Crippen molar-refractivity contribution in [1.82, 2.24) is 10.2 Å². The second-order valence-electron chi connectivity index (χ2n) is 5.92. The number of piperidine rings is 1. The highest BCUT2D eigenvalue weighted by Gasteiger charge is 2.26. The summed E-state index contributed by atoms with van der Waals surface area (Å²) in [5, 5.41) is 11.1. The Labute approximate surface area is 147 Å². The van der Waals surface area contributed by atoms with E-state index in [1.54, 1.807) is 20.3 Å². The summed E-state index contributed by atoms with van der Waals surface area (Å²) in [6.45, 7) is 1.55. The molecule has 1 fully saturated rings. The molecular formula is C18H22N4O3. The van der Waals surface area contributed by atoms with Gasteiger partial charge in [0.2, 0.25) is 11.8 Å². The van der Waals surface area contributed by atoms with E-state index in [0.717, 1.165) is 43.2 Å². The summed E-state index contributed by atoms with van der Waals surface area (Å²) in [7, 11) is 3.18. The van der Waals surface area contributed by atoms with Crippen LogP contribution in [0.5, 0.6) is 11.6 Å². The maximum absolute atomic E-state index is 12.5. The minimum atomic E-state index is -0.00587. The van der Waals surface area contributed by atoms with Crippen molar-refractivity contribution >= 4 is 17.4 Å². The molecule has 25 heavy (non-hydrogen) atoms. The molecule has 0 aliphatic carbocycles. The fourth-order valence-corrected chi connectivity index (χ4v) is 2.91. The van der Waals surface area contributed by atoms with Crippen LogP contribution in [0.15, 0.2) is 36.4 Å². The molecule has 0 bridgehead atoms. The zero-order valence-corrected chi connectivity index (χ0v) is 14.4. The number of amides is 1. The molecule has 1 aromatic heterocycles. The van der Waals surface area contributed by atoms with Crippen LogP contribution in [0.3, 0.4) is 0 Å². The van der Waals surface area contributed by atoms with Crippen LogP contribution in [0.4, 0.5) is 11.5 Å². The normalized spacial score (nSPS) is 14.9. The Hall–Kier alpha value is -2.83. The third-order valence-corrected chi connectivity index (χ3v) is 4.36. The quantitative estimate of drug-likeness (QED) is 0.899. The summed E-state index contributed by atoms with van der Waals surface area (Å²) in [5.74, 6) is 2.08. The van der Waals surface area contributed by atoms with E-state index < -0.39 is 0 Å². The fourth-order valence-electron chi connectivity index (χ4n) is 2.91. The Morgan fingerprint density at radius 1 is 1.12 bits per heavy atom. The molecule has 2 heterocycles. The Bertz CT molecular complexity index is 713.